The van der Waals surface area contributed by atoms with Gasteiger partial charge in [-0.3, -0.25) is 0 Å². The minimum atomic E-state index is -0.473. The van der Waals surface area contributed by atoms with Gasteiger partial charge in [0.15, 0.2) is 0 Å². The summed E-state index contributed by atoms with van der Waals surface area (Å²) in [5.74, 6) is 1.46. The fourth-order valence-corrected chi connectivity index (χ4v) is 3.29. The van der Waals surface area contributed by atoms with Crippen LogP contribution in [0, 0.1) is 5.92 Å². The summed E-state index contributed by atoms with van der Waals surface area (Å²) in [6.45, 7) is 6.82. The predicted molar refractivity (Wildman–Crippen MR) is 93.2 cm³/mol. The van der Waals surface area contributed by atoms with Crippen LogP contribution in [0.15, 0.2) is 21.2 Å². The standard InChI is InChI=1S/C17H27BrN2O3/c1-17(2,3)23-16(21)20-10-14(12-6-4-5-7-12)19-11-15-13(18)8-9-22-15/h8-9,12,14,19H,4-7,10-11H2,1-3H3,(H,20,21). The summed E-state index contributed by atoms with van der Waals surface area (Å²) in [5.41, 5.74) is -0.473. The lowest BCUT2D eigenvalue weighted by Gasteiger charge is -2.26. The highest BCUT2D eigenvalue weighted by molar-refractivity contribution is 9.10. The molecule has 6 heteroatoms. The number of amides is 1. The van der Waals surface area contributed by atoms with E-state index in [1.54, 1.807) is 6.26 Å². The minimum Gasteiger partial charge on any atom is -0.467 e. The molecule has 1 fully saturated rings. The summed E-state index contributed by atoms with van der Waals surface area (Å²) in [7, 11) is 0. The number of hydrogen-bond acceptors (Lipinski definition) is 4. The highest BCUT2D eigenvalue weighted by Crippen LogP contribution is 2.28. The molecule has 5 nitrogen and oxygen atoms in total. The van der Waals surface area contributed by atoms with E-state index in [2.05, 4.69) is 26.6 Å². The first-order valence-electron chi connectivity index (χ1n) is 8.27. The molecular formula is C17H27BrN2O3. The van der Waals surface area contributed by atoms with Crippen LogP contribution in [0.3, 0.4) is 0 Å². The normalized spacial score (nSPS) is 17.2. The number of halogens is 1. The van der Waals surface area contributed by atoms with E-state index in [9.17, 15) is 4.79 Å². The lowest BCUT2D eigenvalue weighted by atomic mass is 9.98. The van der Waals surface area contributed by atoms with Gasteiger partial charge in [-0.25, -0.2) is 4.79 Å². The van der Waals surface area contributed by atoms with Crippen molar-refractivity contribution in [1.82, 2.24) is 10.6 Å². The van der Waals surface area contributed by atoms with Gasteiger partial charge in [0.2, 0.25) is 0 Å². The van der Waals surface area contributed by atoms with Gasteiger partial charge in [0.1, 0.15) is 11.4 Å². The average molecular weight is 387 g/mol. The molecule has 0 aromatic carbocycles. The Morgan fingerprint density at radius 1 is 1.43 bits per heavy atom. The van der Waals surface area contributed by atoms with Crippen LogP contribution in [0.1, 0.15) is 52.2 Å². The lowest BCUT2D eigenvalue weighted by Crippen LogP contribution is -2.45. The van der Waals surface area contributed by atoms with Gasteiger partial charge < -0.3 is 19.8 Å². The quantitative estimate of drug-likeness (QED) is 0.768. The van der Waals surface area contributed by atoms with Gasteiger partial charge in [0.05, 0.1) is 17.3 Å². The Morgan fingerprint density at radius 3 is 2.70 bits per heavy atom. The van der Waals surface area contributed by atoms with Crippen molar-refractivity contribution in [2.24, 2.45) is 5.92 Å². The molecule has 1 amide bonds. The summed E-state index contributed by atoms with van der Waals surface area (Å²) in [5, 5.41) is 6.42. The first-order chi connectivity index (χ1) is 10.8. The molecule has 0 bridgehead atoms. The molecule has 1 unspecified atom stereocenters. The second-order valence-electron chi connectivity index (χ2n) is 7.11. The molecule has 1 aliphatic carbocycles. The second kappa shape index (κ2) is 8.20. The van der Waals surface area contributed by atoms with Crippen molar-refractivity contribution in [3.8, 4) is 0 Å². The molecule has 1 atom stereocenters. The van der Waals surface area contributed by atoms with E-state index in [0.29, 0.717) is 19.0 Å². The fraction of sp³-hybridized carbons (Fsp3) is 0.706. The number of nitrogens with one attached hydrogen (secondary N) is 2. The lowest BCUT2D eigenvalue weighted by molar-refractivity contribution is 0.0518. The van der Waals surface area contributed by atoms with E-state index in [4.69, 9.17) is 9.15 Å². The van der Waals surface area contributed by atoms with Gasteiger partial charge >= 0.3 is 6.09 Å². The van der Waals surface area contributed by atoms with Gasteiger partial charge in [0, 0.05) is 12.6 Å². The molecule has 0 radical (unpaired) electrons. The molecule has 1 aromatic rings. The van der Waals surface area contributed by atoms with Crippen LogP contribution in [-0.2, 0) is 11.3 Å². The monoisotopic (exact) mass is 386 g/mol. The molecule has 1 saturated carbocycles. The Labute approximate surface area is 146 Å². The van der Waals surface area contributed by atoms with E-state index in [1.807, 2.05) is 26.8 Å². The Bertz CT molecular complexity index is 504. The summed E-state index contributed by atoms with van der Waals surface area (Å²) in [6, 6.07) is 2.11. The van der Waals surface area contributed by atoms with Crippen molar-refractivity contribution >= 4 is 22.0 Å². The maximum absolute atomic E-state index is 11.9. The molecule has 0 spiro atoms. The van der Waals surface area contributed by atoms with Crippen LogP contribution in [0.2, 0.25) is 0 Å². The molecule has 1 aliphatic rings. The van der Waals surface area contributed by atoms with Gasteiger partial charge in [-0.05, 0) is 61.5 Å². The third kappa shape index (κ3) is 6.18. The number of alkyl carbamates (subject to hydrolysis) is 1. The predicted octanol–water partition coefficient (Wildman–Crippen LogP) is 4.22. The minimum absolute atomic E-state index is 0.224. The van der Waals surface area contributed by atoms with Crippen molar-refractivity contribution in [2.45, 2.75) is 64.6 Å². The molecule has 2 N–H and O–H groups in total. The number of furan rings is 1. The average Bonchev–Trinajstić information content (AvgIpc) is 3.09. The number of rotatable bonds is 6. The molecular weight excluding hydrogens is 360 g/mol. The van der Waals surface area contributed by atoms with Crippen LogP contribution < -0.4 is 10.6 Å². The SMILES string of the molecule is CC(C)(C)OC(=O)NCC(NCc1occc1Br)C1CCCC1. The molecule has 2 rings (SSSR count). The number of hydrogen-bond donors (Lipinski definition) is 2. The first kappa shape index (κ1) is 18.3. The van der Waals surface area contributed by atoms with Crippen molar-refractivity contribution in [2.75, 3.05) is 6.54 Å². The molecule has 0 saturated heterocycles. The zero-order chi connectivity index (χ0) is 16.9. The van der Waals surface area contributed by atoms with Crippen LogP contribution in [-0.4, -0.2) is 24.3 Å². The molecule has 130 valence electrons. The Morgan fingerprint density at radius 2 is 2.13 bits per heavy atom. The van der Waals surface area contributed by atoms with Gasteiger partial charge in [0.25, 0.3) is 0 Å². The van der Waals surface area contributed by atoms with Crippen molar-refractivity contribution in [1.29, 1.82) is 0 Å². The molecule has 23 heavy (non-hydrogen) atoms. The summed E-state index contributed by atoms with van der Waals surface area (Å²) < 4.78 is 11.7. The first-order valence-corrected chi connectivity index (χ1v) is 9.06. The summed E-state index contributed by atoms with van der Waals surface area (Å²) >= 11 is 3.47. The van der Waals surface area contributed by atoms with E-state index >= 15 is 0 Å². The molecule has 0 aliphatic heterocycles. The smallest absolute Gasteiger partial charge is 0.407 e. The van der Waals surface area contributed by atoms with Crippen LogP contribution in [0.4, 0.5) is 4.79 Å². The van der Waals surface area contributed by atoms with E-state index in [1.165, 1.54) is 25.7 Å². The number of carbonyl (C=O) groups is 1. The van der Waals surface area contributed by atoms with Gasteiger partial charge in [-0.1, -0.05) is 12.8 Å². The van der Waals surface area contributed by atoms with Crippen molar-refractivity contribution in [3.05, 3.63) is 22.6 Å². The van der Waals surface area contributed by atoms with Gasteiger partial charge in [-0.2, -0.15) is 0 Å². The van der Waals surface area contributed by atoms with E-state index in [-0.39, 0.29) is 12.1 Å². The van der Waals surface area contributed by atoms with Crippen molar-refractivity contribution in [3.63, 3.8) is 0 Å². The zero-order valence-electron chi connectivity index (χ0n) is 14.2. The van der Waals surface area contributed by atoms with Crippen LogP contribution in [0.25, 0.3) is 0 Å². The van der Waals surface area contributed by atoms with E-state index in [0.717, 1.165) is 10.2 Å². The Hall–Kier alpha value is -1.01. The zero-order valence-corrected chi connectivity index (χ0v) is 15.7. The molecule has 1 heterocycles. The van der Waals surface area contributed by atoms with E-state index < -0.39 is 5.60 Å². The highest BCUT2D eigenvalue weighted by atomic mass is 79.9. The summed E-state index contributed by atoms with van der Waals surface area (Å²) in [6.07, 6.45) is 6.24. The fourth-order valence-electron chi connectivity index (χ4n) is 2.95. The summed E-state index contributed by atoms with van der Waals surface area (Å²) in [4.78, 5) is 11.9. The topological polar surface area (TPSA) is 63.5 Å². The third-order valence-corrected chi connectivity index (χ3v) is 4.76. The number of carbonyl (C=O) groups excluding carboxylic acids is 1. The third-order valence-electron chi connectivity index (χ3n) is 4.05. The highest BCUT2D eigenvalue weighted by Gasteiger charge is 2.26. The number of ether oxygens (including phenoxy) is 1. The maximum atomic E-state index is 11.9. The van der Waals surface area contributed by atoms with Crippen LogP contribution in [0.5, 0.6) is 0 Å². The molecule has 1 aromatic heterocycles. The van der Waals surface area contributed by atoms with Gasteiger partial charge in [-0.15, -0.1) is 0 Å². The maximum Gasteiger partial charge on any atom is 0.407 e. The second-order valence-corrected chi connectivity index (χ2v) is 7.96. The largest absolute Gasteiger partial charge is 0.467 e. The van der Waals surface area contributed by atoms with Crippen LogP contribution >= 0.6 is 15.9 Å². The Balaban J connectivity index is 1.87. The van der Waals surface area contributed by atoms with Crippen molar-refractivity contribution < 1.29 is 13.9 Å². The Kier molecular flexibility index (Phi) is 6.53.